The molecule has 2 aromatic rings. The number of rotatable bonds is 2. The van der Waals surface area contributed by atoms with Gasteiger partial charge in [0.2, 0.25) is 0 Å². The van der Waals surface area contributed by atoms with Crippen molar-refractivity contribution in [2.24, 2.45) is 0 Å². The summed E-state index contributed by atoms with van der Waals surface area (Å²) in [6.07, 6.45) is -4.53. The summed E-state index contributed by atoms with van der Waals surface area (Å²) in [6, 6.07) is 13.0. The Balaban J connectivity index is 2.09. The van der Waals surface area contributed by atoms with Crippen LogP contribution in [0.5, 0.6) is 5.75 Å². The first-order chi connectivity index (χ1) is 12.3. The number of hydrogen-bond acceptors (Lipinski definition) is 2. The zero-order chi connectivity index (χ0) is 18.9. The zero-order valence-corrected chi connectivity index (χ0v) is 15.6. The van der Waals surface area contributed by atoms with Crippen molar-refractivity contribution in [1.82, 2.24) is 4.90 Å². The smallest absolute Gasteiger partial charge is 0.471 e. The summed E-state index contributed by atoms with van der Waals surface area (Å²) in [4.78, 5) is 12.8. The van der Waals surface area contributed by atoms with E-state index in [1.807, 2.05) is 42.5 Å². The van der Waals surface area contributed by atoms with Crippen LogP contribution in [0.1, 0.15) is 22.6 Å². The lowest BCUT2D eigenvalue weighted by molar-refractivity contribution is -0.185. The highest BCUT2D eigenvalue weighted by Crippen LogP contribution is 2.38. The van der Waals surface area contributed by atoms with Gasteiger partial charge in [-0.3, -0.25) is 4.79 Å². The van der Waals surface area contributed by atoms with Crippen molar-refractivity contribution in [1.29, 1.82) is 0 Å². The molecule has 2 aromatic carbocycles. The molecule has 1 amide bonds. The van der Waals surface area contributed by atoms with Gasteiger partial charge in [0.15, 0.2) is 0 Å². The number of hydrogen-bond donors (Lipinski definition) is 0. The summed E-state index contributed by atoms with van der Waals surface area (Å²) in [7, 11) is 1.54. The van der Waals surface area contributed by atoms with Gasteiger partial charge < -0.3 is 9.64 Å². The number of amides is 1. The number of alkyl halides is 3. The third-order valence-electron chi connectivity index (χ3n) is 4.57. The van der Waals surface area contributed by atoms with E-state index >= 15 is 0 Å². The normalized spacial score (nSPS) is 17.4. The highest BCUT2D eigenvalue weighted by Gasteiger charge is 2.43. The molecule has 0 fully saturated rings. The molecule has 0 saturated carbocycles. The Kier molecular flexibility index (Phi) is 5.27. The highest BCUT2D eigenvalue weighted by molar-refractivity contribution is 9.10. The summed E-state index contributed by atoms with van der Waals surface area (Å²) < 4.78 is 45.1. The third kappa shape index (κ3) is 3.72. The van der Waals surface area contributed by atoms with Crippen LogP contribution in [-0.2, 0) is 11.2 Å². The summed E-state index contributed by atoms with van der Waals surface area (Å²) in [5.41, 5.74) is 2.65. The van der Waals surface area contributed by atoms with E-state index in [-0.39, 0.29) is 19.0 Å². The second kappa shape index (κ2) is 7.31. The van der Waals surface area contributed by atoms with E-state index in [0.29, 0.717) is 12.2 Å². The van der Waals surface area contributed by atoms with Gasteiger partial charge in [-0.1, -0.05) is 30.3 Å². The van der Waals surface area contributed by atoms with Gasteiger partial charge >= 0.3 is 12.1 Å². The number of carbonyl (C=O) groups excluding carboxylic acids is 1. The maximum absolute atomic E-state index is 13.0. The van der Waals surface area contributed by atoms with E-state index in [1.54, 1.807) is 7.11 Å². The van der Waals surface area contributed by atoms with Crippen LogP contribution >= 0.6 is 15.9 Å². The van der Waals surface area contributed by atoms with Crippen LogP contribution in [0.4, 0.5) is 13.2 Å². The van der Waals surface area contributed by atoms with E-state index in [1.165, 1.54) is 0 Å². The first-order valence-corrected chi connectivity index (χ1v) is 8.88. The largest absolute Gasteiger partial charge is 0.496 e. The van der Waals surface area contributed by atoms with Crippen LogP contribution in [0.15, 0.2) is 46.9 Å². The molecule has 1 aliphatic rings. The molecule has 0 spiro atoms. The van der Waals surface area contributed by atoms with Crippen molar-refractivity contribution in [2.45, 2.75) is 18.5 Å². The Morgan fingerprint density at radius 3 is 2.54 bits per heavy atom. The summed E-state index contributed by atoms with van der Waals surface area (Å²) >= 11 is 3.43. The van der Waals surface area contributed by atoms with Crippen molar-refractivity contribution in [2.75, 3.05) is 20.2 Å². The van der Waals surface area contributed by atoms with Crippen molar-refractivity contribution >= 4 is 21.8 Å². The minimum Gasteiger partial charge on any atom is -0.496 e. The van der Waals surface area contributed by atoms with Crippen LogP contribution in [0.3, 0.4) is 0 Å². The molecular weight excluding hydrogens is 411 g/mol. The lowest BCUT2D eigenvalue weighted by atomic mass is 9.88. The standard InChI is InChI=1S/C19H17BrF3NO2/c1-26-17-10-14-13(9-16(17)20)7-8-24(18(25)19(21,22)23)11-15(14)12-5-3-2-4-6-12/h2-6,9-10,15H,7-8,11H2,1H3. The quantitative estimate of drug-likeness (QED) is 0.704. The van der Waals surface area contributed by atoms with Gasteiger partial charge in [0, 0.05) is 19.0 Å². The summed E-state index contributed by atoms with van der Waals surface area (Å²) in [5, 5.41) is 0. The van der Waals surface area contributed by atoms with Crippen LogP contribution in [-0.4, -0.2) is 37.2 Å². The molecule has 0 saturated heterocycles. The lowest BCUT2D eigenvalue weighted by Crippen LogP contribution is -2.43. The molecule has 3 nitrogen and oxygen atoms in total. The fraction of sp³-hybridized carbons (Fsp3) is 0.316. The topological polar surface area (TPSA) is 29.5 Å². The second-order valence-electron chi connectivity index (χ2n) is 6.15. The summed E-state index contributed by atoms with van der Waals surface area (Å²) in [6.45, 7) is -0.00636. The third-order valence-corrected chi connectivity index (χ3v) is 5.19. The van der Waals surface area contributed by atoms with Gasteiger partial charge in [0.25, 0.3) is 0 Å². The first kappa shape index (κ1) is 18.8. The Bertz CT molecular complexity index is 808. The summed E-state index contributed by atoms with van der Waals surface area (Å²) in [5.74, 6) is -1.54. The monoisotopic (exact) mass is 427 g/mol. The molecule has 0 radical (unpaired) electrons. The van der Waals surface area contributed by atoms with E-state index in [4.69, 9.17) is 4.74 Å². The minimum atomic E-state index is -4.88. The van der Waals surface area contributed by atoms with Crippen LogP contribution in [0.25, 0.3) is 0 Å². The number of fused-ring (bicyclic) bond motifs is 1. The van der Waals surface area contributed by atoms with E-state index in [9.17, 15) is 18.0 Å². The zero-order valence-electron chi connectivity index (χ0n) is 14.0. The number of halogens is 4. The average Bonchev–Trinajstić information content (AvgIpc) is 2.79. The van der Waals surface area contributed by atoms with Gasteiger partial charge in [-0.25, -0.2) is 0 Å². The van der Waals surface area contributed by atoms with Gasteiger partial charge in [-0.2, -0.15) is 13.2 Å². The van der Waals surface area contributed by atoms with Crippen molar-refractivity contribution in [3.8, 4) is 5.75 Å². The van der Waals surface area contributed by atoms with Gasteiger partial charge in [-0.15, -0.1) is 0 Å². The van der Waals surface area contributed by atoms with Crippen molar-refractivity contribution in [3.05, 3.63) is 63.6 Å². The predicted octanol–water partition coefficient (Wildman–Crippen LogP) is 4.54. The molecular formula is C19H17BrF3NO2. The molecule has 1 atom stereocenters. The molecule has 0 N–H and O–H groups in total. The molecule has 1 aliphatic heterocycles. The van der Waals surface area contributed by atoms with Crippen LogP contribution in [0.2, 0.25) is 0 Å². The maximum Gasteiger partial charge on any atom is 0.471 e. The van der Waals surface area contributed by atoms with Gasteiger partial charge in [0.1, 0.15) is 5.75 Å². The Hall–Kier alpha value is -2.02. The Morgan fingerprint density at radius 1 is 1.23 bits per heavy atom. The average molecular weight is 428 g/mol. The van der Waals surface area contributed by atoms with Crippen LogP contribution in [0, 0.1) is 0 Å². The fourth-order valence-electron chi connectivity index (χ4n) is 3.31. The Labute approximate surface area is 157 Å². The molecule has 3 rings (SSSR count). The highest BCUT2D eigenvalue weighted by atomic mass is 79.9. The number of ether oxygens (including phenoxy) is 1. The molecule has 0 aromatic heterocycles. The molecule has 1 heterocycles. The SMILES string of the molecule is COc1cc2c(cc1Br)CCN(C(=O)C(F)(F)F)CC2c1ccccc1. The number of carbonyl (C=O) groups is 1. The van der Waals surface area contributed by atoms with Crippen molar-refractivity contribution < 1.29 is 22.7 Å². The number of nitrogens with zero attached hydrogens (tertiary/aromatic N) is 1. The maximum atomic E-state index is 13.0. The molecule has 1 unspecified atom stereocenters. The minimum absolute atomic E-state index is 0.0213. The number of benzene rings is 2. The van der Waals surface area contributed by atoms with E-state index < -0.39 is 12.1 Å². The molecule has 26 heavy (non-hydrogen) atoms. The van der Waals surface area contributed by atoms with Crippen molar-refractivity contribution in [3.63, 3.8) is 0 Å². The number of methoxy groups -OCH3 is 1. The molecule has 0 aliphatic carbocycles. The van der Waals surface area contributed by atoms with Crippen LogP contribution < -0.4 is 4.74 Å². The van der Waals surface area contributed by atoms with Gasteiger partial charge in [0.05, 0.1) is 11.6 Å². The predicted molar refractivity (Wildman–Crippen MR) is 95.3 cm³/mol. The lowest BCUT2D eigenvalue weighted by Gasteiger charge is -2.26. The molecule has 7 heteroatoms. The molecule has 138 valence electrons. The van der Waals surface area contributed by atoms with E-state index in [2.05, 4.69) is 15.9 Å². The first-order valence-electron chi connectivity index (χ1n) is 8.08. The van der Waals surface area contributed by atoms with E-state index in [0.717, 1.165) is 26.1 Å². The second-order valence-corrected chi connectivity index (χ2v) is 7.00. The Morgan fingerprint density at radius 2 is 1.92 bits per heavy atom. The van der Waals surface area contributed by atoms with Gasteiger partial charge in [-0.05, 0) is 51.2 Å². The molecule has 0 bridgehead atoms. The fourth-order valence-corrected chi connectivity index (χ4v) is 3.86.